The molecule has 2 aromatic rings. The van der Waals surface area contributed by atoms with Gasteiger partial charge in [0.2, 0.25) is 0 Å². The standard InChI is InChI=1S/C17H17Cl2NO/c1-3-8-21-17-14(18)9-13(10-15(17)19)11-20-16-7-5-4-6-12(16)2/h3-7,9-10,20H,1,8,11H2,2H3. The summed E-state index contributed by atoms with van der Waals surface area (Å²) in [7, 11) is 0. The molecule has 110 valence electrons. The van der Waals surface area contributed by atoms with Gasteiger partial charge in [-0.1, -0.05) is 54.1 Å². The minimum atomic E-state index is 0.375. The van der Waals surface area contributed by atoms with Gasteiger partial charge >= 0.3 is 0 Å². The van der Waals surface area contributed by atoms with Crippen molar-refractivity contribution in [3.63, 3.8) is 0 Å². The molecule has 0 heterocycles. The van der Waals surface area contributed by atoms with E-state index in [9.17, 15) is 0 Å². The number of benzene rings is 2. The Morgan fingerprint density at radius 3 is 2.48 bits per heavy atom. The van der Waals surface area contributed by atoms with E-state index < -0.39 is 0 Å². The van der Waals surface area contributed by atoms with Crippen LogP contribution in [0.25, 0.3) is 0 Å². The van der Waals surface area contributed by atoms with Crippen molar-refractivity contribution in [3.05, 3.63) is 70.2 Å². The molecule has 0 aliphatic carbocycles. The third kappa shape index (κ3) is 4.16. The average molecular weight is 322 g/mol. The monoisotopic (exact) mass is 321 g/mol. The highest BCUT2D eigenvalue weighted by molar-refractivity contribution is 6.37. The summed E-state index contributed by atoms with van der Waals surface area (Å²) >= 11 is 12.4. The fourth-order valence-corrected chi connectivity index (χ4v) is 2.60. The van der Waals surface area contributed by atoms with E-state index in [1.807, 2.05) is 30.3 Å². The highest BCUT2D eigenvalue weighted by Crippen LogP contribution is 2.34. The van der Waals surface area contributed by atoms with E-state index in [1.54, 1.807) is 6.08 Å². The Kier molecular flexibility index (Phi) is 5.54. The molecule has 0 aliphatic heterocycles. The van der Waals surface area contributed by atoms with E-state index in [-0.39, 0.29) is 0 Å². The lowest BCUT2D eigenvalue weighted by atomic mass is 10.1. The fourth-order valence-electron chi connectivity index (χ4n) is 1.96. The molecule has 0 amide bonds. The topological polar surface area (TPSA) is 21.3 Å². The Morgan fingerprint density at radius 1 is 1.19 bits per heavy atom. The van der Waals surface area contributed by atoms with Gasteiger partial charge in [-0.15, -0.1) is 0 Å². The maximum Gasteiger partial charge on any atom is 0.156 e. The molecule has 0 saturated carbocycles. The van der Waals surface area contributed by atoms with Crippen LogP contribution in [0.15, 0.2) is 49.1 Å². The minimum absolute atomic E-state index is 0.375. The molecular weight excluding hydrogens is 305 g/mol. The van der Waals surface area contributed by atoms with Crippen LogP contribution in [-0.4, -0.2) is 6.61 Å². The van der Waals surface area contributed by atoms with Gasteiger partial charge in [-0.3, -0.25) is 0 Å². The number of para-hydroxylation sites is 1. The summed E-state index contributed by atoms with van der Waals surface area (Å²) in [6.45, 7) is 6.69. The Balaban J connectivity index is 2.11. The van der Waals surface area contributed by atoms with Crippen molar-refractivity contribution in [1.82, 2.24) is 0 Å². The molecule has 2 aromatic carbocycles. The largest absolute Gasteiger partial charge is 0.486 e. The number of rotatable bonds is 6. The first-order chi connectivity index (χ1) is 10.1. The summed E-state index contributed by atoms with van der Waals surface area (Å²) in [4.78, 5) is 0. The number of ether oxygens (including phenoxy) is 1. The zero-order valence-electron chi connectivity index (χ0n) is 11.8. The molecule has 0 bridgehead atoms. The van der Waals surface area contributed by atoms with Gasteiger partial charge in [-0.25, -0.2) is 0 Å². The normalized spacial score (nSPS) is 10.2. The van der Waals surface area contributed by atoms with Crippen molar-refractivity contribution < 1.29 is 4.74 Å². The van der Waals surface area contributed by atoms with Crippen LogP contribution in [0.1, 0.15) is 11.1 Å². The maximum atomic E-state index is 6.21. The Bertz CT molecular complexity index is 617. The molecule has 0 aliphatic rings. The molecule has 0 fully saturated rings. The van der Waals surface area contributed by atoms with Crippen LogP contribution in [0.5, 0.6) is 5.75 Å². The van der Waals surface area contributed by atoms with E-state index in [2.05, 4.69) is 24.9 Å². The van der Waals surface area contributed by atoms with Gasteiger partial charge in [0.25, 0.3) is 0 Å². The lowest BCUT2D eigenvalue weighted by Gasteiger charge is -2.13. The number of aryl methyl sites for hydroxylation is 1. The Hall–Kier alpha value is -1.64. The molecular formula is C17H17Cl2NO. The van der Waals surface area contributed by atoms with Crippen LogP contribution in [0.2, 0.25) is 10.0 Å². The zero-order valence-corrected chi connectivity index (χ0v) is 13.3. The molecule has 0 atom stereocenters. The smallest absolute Gasteiger partial charge is 0.156 e. The fraction of sp³-hybridized carbons (Fsp3) is 0.176. The number of hydrogen-bond donors (Lipinski definition) is 1. The van der Waals surface area contributed by atoms with Crippen molar-refractivity contribution >= 4 is 28.9 Å². The van der Waals surface area contributed by atoms with Crippen molar-refractivity contribution in [2.24, 2.45) is 0 Å². The van der Waals surface area contributed by atoms with Crippen LogP contribution in [-0.2, 0) is 6.54 Å². The van der Waals surface area contributed by atoms with Gasteiger partial charge in [0.1, 0.15) is 6.61 Å². The predicted octanol–water partition coefficient (Wildman–Crippen LogP) is 5.48. The molecule has 0 aromatic heterocycles. The highest BCUT2D eigenvalue weighted by atomic mass is 35.5. The average Bonchev–Trinajstić information content (AvgIpc) is 2.46. The van der Waals surface area contributed by atoms with Crippen LogP contribution in [0, 0.1) is 6.92 Å². The minimum Gasteiger partial charge on any atom is -0.486 e. The first-order valence-corrected chi connectivity index (χ1v) is 7.38. The SMILES string of the molecule is C=CCOc1c(Cl)cc(CNc2ccccc2C)cc1Cl. The van der Waals surface area contributed by atoms with Crippen molar-refractivity contribution in [1.29, 1.82) is 0 Å². The summed E-state index contributed by atoms with van der Waals surface area (Å²) in [6.07, 6.45) is 1.65. The lowest BCUT2D eigenvalue weighted by Crippen LogP contribution is -2.02. The van der Waals surface area contributed by atoms with E-state index in [4.69, 9.17) is 27.9 Å². The summed E-state index contributed by atoms with van der Waals surface area (Å²) in [6, 6.07) is 11.8. The van der Waals surface area contributed by atoms with E-state index >= 15 is 0 Å². The van der Waals surface area contributed by atoms with Gasteiger partial charge < -0.3 is 10.1 Å². The second kappa shape index (κ2) is 7.39. The number of hydrogen-bond acceptors (Lipinski definition) is 2. The molecule has 0 unspecified atom stereocenters. The van der Waals surface area contributed by atoms with Crippen molar-refractivity contribution in [2.75, 3.05) is 11.9 Å². The Labute approximate surface area is 135 Å². The maximum absolute atomic E-state index is 6.21. The summed E-state index contributed by atoms with van der Waals surface area (Å²) in [5.41, 5.74) is 3.29. The highest BCUT2D eigenvalue weighted by Gasteiger charge is 2.09. The van der Waals surface area contributed by atoms with E-state index in [1.165, 1.54) is 5.56 Å². The molecule has 0 radical (unpaired) electrons. The second-order valence-corrected chi connectivity index (χ2v) is 5.47. The first-order valence-electron chi connectivity index (χ1n) is 6.63. The van der Waals surface area contributed by atoms with Crippen molar-refractivity contribution in [2.45, 2.75) is 13.5 Å². The van der Waals surface area contributed by atoms with Gasteiger partial charge in [-0.2, -0.15) is 0 Å². The molecule has 0 saturated heterocycles. The molecule has 1 N–H and O–H groups in total. The molecule has 21 heavy (non-hydrogen) atoms. The quantitative estimate of drug-likeness (QED) is 0.711. The molecule has 2 nitrogen and oxygen atoms in total. The number of halogens is 2. The Morgan fingerprint density at radius 2 is 1.86 bits per heavy atom. The first kappa shape index (κ1) is 15.7. The van der Waals surface area contributed by atoms with Crippen LogP contribution >= 0.6 is 23.2 Å². The number of nitrogens with one attached hydrogen (secondary N) is 1. The third-order valence-electron chi connectivity index (χ3n) is 3.03. The van der Waals surface area contributed by atoms with Crippen LogP contribution in [0.4, 0.5) is 5.69 Å². The summed E-state index contributed by atoms with van der Waals surface area (Å²) in [5.74, 6) is 0.498. The molecule has 4 heteroatoms. The van der Waals surface area contributed by atoms with Gasteiger partial charge in [0, 0.05) is 12.2 Å². The second-order valence-electron chi connectivity index (χ2n) is 4.66. The van der Waals surface area contributed by atoms with Gasteiger partial charge in [0.15, 0.2) is 5.75 Å². The summed E-state index contributed by atoms with van der Waals surface area (Å²) < 4.78 is 5.45. The third-order valence-corrected chi connectivity index (χ3v) is 3.59. The lowest BCUT2D eigenvalue weighted by molar-refractivity contribution is 0.363. The van der Waals surface area contributed by atoms with Gasteiger partial charge in [0.05, 0.1) is 10.0 Å². The van der Waals surface area contributed by atoms with E-state index in [0.29, 0.717) is 28.9 Å². The molecule has 0 spiro atoms. The van der Waals surface area contributed by atoms with E-state index in [0.717, 1.165) is 11.3 Å². The zero-order chi connectivity index (χ0) is 15.2. The van der Waals surface area contributed by atoms with Crippen molar-refractivity contribution in [3.8, 4) is 5.75 Å². The number of anilines is 1. The van der Waals surface area contributed by atoms with Crippen LogP contribution < -0.4 is 10.1 Å². The summed E-state index contributed by atoms with van der Waals surface area (Å²) in [5, 5.41) is 4.38. The predicted molar refractivity (Wildman–Crippen MR) is 90.7 cm³/mol. The molecule has 2 rings (SSSR count). The van der Waals surface area contributed by atoms with Crippen LogP contribution in [0.3, 0.4) is 0 Å². The van der Waals surface area contributed by atoms with Gasteiger partial charge in [-0.05, 0) is 36.2 Å².